The number of rotatable bonds is 15. The molecular formula is C63H74BN3. The molecule has 0 unspecified atom stereocenters. The molecule has 344 valence electrons. The Kier molecular flexibility index (Phi) is 12.9. The maximum absolute atomic E-state index is 4.68. The second-order valence-corrected chi connectivity index (χ2v) is 21.8. The van der Waals surface area contributed by atoms with E-state index in [4.69, 9.17) is 0 Å². The van der Waals surface area contributed by atoms with Crippen molar-refractivity contribution >= 4 is 63.1 Å². The average Bonchev–Trinajstić information content (AvgIpc) is 3.34. The summed E-state index contributed by atoms with van der Waals surface area (Å²) in [6, 6.07) is 52.9. The third-order valence-electron chi connectivity index (χ3n) is 16.3. The molecule has 0 saturated heterocycles. The molecule has 4 heteroatoms. The number of hydrogen-bond acceptors (Lipinski definition) is 3. The summed E-state index contributed by atoms with van der Waals surface area (Å²) in [6.07, 6.45) is 8.86. The Hall–Kier alpha value is -6.00. The molecule has 67 heavy (non-hydrogen) atoms. The second kappa shape index (κ2) is 18.2. The zero-order valence-corrected chi connectivity index (χ0v) is 42.9. The van der Waals surface area contributed by atoms with Gasteiger partial charge in [-0.2, -0.15) is 0 Å². The van der Waals surface area contributed by atoms with Crippen LogP contribution < -0.4 is 25.6 Å². The van der Waals surface area contributed by atoms with E-state index in [-0.39, 0.29) is 28.4 Å². The first-order valence-corrected chi connectivity index (χ1v) is 25.0. The molecule has 3 nitrogen and oxygen atoms in total. The van der Waals surface area contributed by atoms with Crippen LogP contribution in [0.4, 0.5) is 45.5 Å². The molecule has 0 aliphatic carbocycles. The Morgan fingerprint density at radius 3 is 1.45 bits per heavy atom. The summed E-state index contributed by atoms with van der Waals surface area (Å²) in [5.74, 6) is 0. The van der Waals surface area contributed by atoms with Crippen LogP contribution in [0.15, 0.2) is 175 Å². The first-order chi connectivity index (χ1) is 31.9. The summed E-state index contributed by atoms with van der Waals surface area (Å²) >= 11 is 0. The van der Waals surface area contributed by atoms with Crippen LogP contribution in [-0.4, -0.2) is 6.71 Å². The van der Waals surface area contributed by atoms with E-state index in [2.05, 4.69) is 263 Å². The lowest BCUT2D eigenvalue weighted by atomic mass is 9.33. The van der Waals surface area contributed by atoms with Gasteiger partial charge in [-0.15, -0.1) is 0 Å². The van der Waals surface area contributed by atoms with Crippen molar-refractivity contribution in [1.29, 1.82) is 0 Å². The van der Waals surface area contributed by atoms with E-state index >= 15 is 0 Å². The van der Waals surface area contributed by atoms with E-state index in [1.807, 2.05) is 0 Å². The molecule has 2 aliphatic rings. The molecule has 0 amide bonds. The third kappa shape index (κ3) is 8.74. The highest BCUT2D eigenvalue weighted by molar-refractivity contribution is 6.95. The predicted octanol–water partition coefficient (Wildman–Crippen LogP) is 17.1. The van der Waals surface area contributed by atoms with Gasteiger partial charge in [0.05, 0.1) is 5.69 Å². The fraction of sp³-hybridized carbons (Fsp3) is 0.333. The number of hydrogen-bond donors (Lipinski definition) is 0. The van der Waals surface area contributed by atoms with Gasteiger partial charge in [0.15, 0.2) is 0 Å². The van der Waals surface area contributed by atoms with Crippen LogP contribution in [0.25, 0.3) is 0 Å². The topological polar surface area (TPSA) is 9.72 Å². The Balaban J connectivity index is 1.51. The summed E-state index contributed by atoms with van der Waals surface area (Å²) in [6.45, 7) is 35.0. The molecule has 8 rings (SSSR count). The molecule has 0 aromatic heterocycles. The zero-order chi connectivity index (χ0) is 48.1. The number of anilines is 8. The molecule has 0 fully saturated rings. The van der Waals surface area contributed by atoms with Crippen LogP contribution in [0, 0.1) is 5.41 Å². The summed E-state index contributed by atoms with van der Waals surface area (Å²) in [5.41, 5.74) is 19.7. The number of para-hydroxylation sites is 2. The minimum Gasteiger partial charge on any atom is -0.312 e. The van der Waals surface area contributed by atoms with E-state index in [1.165, 1.54) is 55.8 Å². The smallest absolute Gasteiger partial charge is 0.247 e. The van der Waals surface area contributed by atoms with E-state index < -0.39 is 0 Å². The van der Waals surface area contributed by atoms with Gasteiger partial charge in [-0.3, -0.25) is 0 Å². The summed E-state index contributed by atoms with van der Waals surface area (Å²) in [5, 5.41) is 0. The van der Waals surface area contributed by atoms with Crippen LogP contribution in [0.5, 0.6) is 0 Å². The number of benzene rings is 6. The van der Waals surface area contributed by atoms with Gasteiger partial charge in [0, 0.05) is 45.5 Å². The average molecular weight is 884 g/mol. The van der Waals surface area contributed by atoms with Gasteiger partial charge in [0.2, 0.25) is 6.71 Å². The highest BCUT2D eigenvalue weighted by Crippen LogP contribution is 2.49. The van der Waals surface area contributed by atoms with E-state index in [0.29, 0.717) is 0 Å². The lowest BCUT2D eigenvalue weighted by Crippen LogP contribution is -2.55. The molecule has 0 radical (unpaired) electrons. The summed E-state index contributed by atoms with van der Waals surface area (Å²) in [7, 11) is 0. The van der Waals surface area contributed by atoms with Gasteiger partial charge in [0.25, 0.3) is 0 Å². The van der Waals surface area contributed by atoms with Gasteiger partial charge in [0.1, 0.15) is 0 Å². The van der Waals surface area contributed by atoms with Crippen LogP contribution in [-0.2, 0) is 16.2 Å². The van der Waals surface area contributed by atoms with Gasteiger partial charge in [-0.05, 0) is 160 Å². The van der Waals surface area contributed by atoms with Gasteiger partial charge < -0.3 is 14.7 Å². The van der Waals surface area contributed by atoms with Gasteiger partial charge in [-0.1, -0.05) is 174 Å². The van der Waals surface area contributed by atoms with Crippen molar-refractivity contribution < 1.29 is 0 Å². The summed E-state index contributed by atoms with van der Waals surface area (Å²) < 4.78 is 0. The maximum atomic E-state index is 4.68. The SMILES string of the molecule is C=C(/C=C\C1=C(C)B2c3cc(C(C)(C)CC)ccc3N(c3ccc(C(C)(C)CC)cc3)c3cc(N(c4ccccc4)c4ccccc4)cc(c32)N1c1ccc(C(C)(C)CC)cc1)C(C)(C)CC. The van der Waals surface area contributed by atoms with Crippen molar-refractivity contribution in [3.8, 4) is 0 Å². The molecular weight excluding hydrogens is 810 g/mol. The van der Waals surface area contributed by atoms with Gasteiger partial charge in [-0.25, -0.2) is 0 Å². The van der Waals surface area contributed by atoms with Crippen LogP contribution in [0.2, 0.25) is 0 Å². The monoisotopic (exact) mass is 884 g/mol. The minimum atomic E-state index is -0.0393. The highest BCUT2D eigenvalue weighted by Gasteiger charge is 2.44. The van der Waals surface area contributed by atoms with Gasteiger partial charge >= 0.3 is 0 Å². The quantitative estimate of drug-likeness (QED) is 0.0751. The van der Waals surface area contributed by atoms with Crippen LogP contribution in [0.3, 0.4) is 0 Å². The highest BCUT2D eigenvalue weighted by atomic mass is 15.2. The molecule has 0 bridgehead atoms. The number of allylic oxidation sites excluding steroid dienone is 4. The Labute approximate surface area is 405 Å². The Bertz CT molecular complexity index is 2770. The standard InChI is InChI=1S/C63H74BN3/c1-15-60(7,8)44(5)29-39-55-45(6)64-54-41-48(63(13,14)18-4)34-40-56(54)67(52-37-32-47(33-38-52)62(11,12)17-3)58-43-53(65(49-25-21-19-22-26-49)50-27-23-20-24-28-50)42-57(59(58)64)66(55)51-35-30-46(31-36-51)61(9,10)16-2/h19-43H,5,15-18H2,1-4,6-14H3/b39-29-. The first kappa shape index (κ1) is 47.5. The van der Waals surface area contributed by atoms with Crippen molar-refractivity contribution in [1.82, 2.24) is 0 Å². The zero-order valence-electron chi connectivity index (χ0n) is 42.9. The van der Waals surface area contributed by atoms with Crippen molar-refractivity contribution in [2.45, 2.75) is 132 Å². The van der Waals surface area contributed by atoms with E-state index in [0.717, 1.165) is 59.7 Å². The van der Waals surface area contributed by atoms with Crippen LogP contribution in [0.1, 0.15) is 132 Å². The molecule has 0 N–H and O–H groups in total. The van der Waals surface area contributed by atoms with Crippen molar-refractivity contribution in [2.75, 3.05) is 14.7 Å². The molecule has 0 atom stereocenters. The Morgan fingerprint density at radius 1 is 0.522 bits per heavy atom. The number of nitrogens with zero attached hydrogens (tertiary/aromatic N) is 3. The normalized spacial score (nSPS) is 14.1. The minimum absolute atomic E-state index is 0.000228. The van der Waals surface area contributed by atoms with E-state index in [1.54, 1.807) is 0 Å². The van der Waals surface area contributed by atoms with E-state index in [9.17, 15) is 0 Å². The fourth-order valence-corrected chi connectivity index (χ4v) is 9.73. The maximum Gasteiger partial charge on any atom is 0.247 e. The molecule has 2 heterocycles. The van der Waals surface area contributed by atoms with Crippen molar-refractivity contribution in [3.63, 3.8) is 0 Å². The lowest BCUT2D eigenvalue weighted by Gasteiger charge is -2.45. The molecule has 2 aliphatic heterocycles. The lowest BCUT2D eigenvalue weighted by molar-refractivity contribution is 0.441. The number of fused-ring (bicyclic) bond motifs is 2. The second-order valence-electron chi connectivity index (χ2n) is 21.8. The largest absolute Gasteiger partial charge is 0.312 e. The van der Waals surface area contributed by atoms with Crippen molar-refractivity contribution in [3.05, 3.63) is 192 Å². The predicted molar refractivity (Wildman–Crippen MR) is 294 cm³/mol. The van der Waals surface area contributed by atoms with Crippen LogP contribution >= 0.6 is 0 Å². The fourth-order valence-electron chi connectivity index (χ4n) is 9.73. The molecule has 0 saturated carbocycles. The molecule has 0 spiro atoms. The molecule has 6 aromatic carbocycles. The first-order valence-electron chi connectivity index (χ1n) is 25.0. The Morgan fingerprint density at radius 2 is 0.970 bits per heavy atom. The third-order valence-corrected chi connectivity index (χ3v) is 16.3. The summed E-state index contributed by atoms with van der Waals surface area (Å²) in [4.78, 5) is 7.55. The van der Waals surface area contributed by atoms with Crippen molar-refractivity contribution in [2.24, 2.45) is 5.41 Å². The molecule has 6 aromatic rings.